The van der Waals surface area contributed by atoms with Gasteiger partial charge in [-0.15, -0.1) is 0 Å². The average molecular weight is 615 g/mol. The minimum Gasteiger partial charge on any atom is -0.314 e. The first kappa shape index (κ1) is 28.9. The number of halogens is 4. The fraction of sp³-hybridized carbons (Fsp3) is 0.0789. The van der Waals surface area contributed by atoms with Gasteiger partial charge in [0.25, 0.3) is 0 Å². The Labute approximate surface area is 262 Å². The summed E-state index contributed by atoms with van der Waals surface area (Å²) in [5.41, 5.74) is 4.70. The molecule has 8 heteroatoms. The zero-order chi connectivity index (χ0) is 31.9. The molecule has 1 heterocycles. The SMILES string of the molecule is CC1C=C(F)C=C(N(c2cccc(F)c2)c2ccc3c(c2)c2cc(N(c4cccc(F)c4)c4cccc(F)c4)ccc2n3C#N)C1. The summed E-state index contributed by atoms with van der Waals surface area (Å²) in [5.74, 6) is -1.75. The summed E-state index contributed by atoms with van der Waals surface area (Å²) in [5, 5.41) is 11.6. The summed E-state index contributed by atoms with van der Waals surface area (Å²) < 4.78 is 59.6. The minimum absolute atomic E-state index is 0.0699. The number of nitriles is 1. The summed E-state index contributed by atoms with van der Waals surface area (Å²) >= 11 is 0. The van der Waals surface area contributed by atoms with Gasteiger partial charge in [0.15, 0.2) is 6.19 Å². The second-order valence-electron chi connectivity index (χ2n) is 11.3. The van der Waals surface area contributed by atoms with Crippen LogP contribution >= 0.6 is 0 Å². The fourth-order valence-corrected chi connectivity index (χ4v) is 6.24. The number of nitrogens with zero attached hydrogens (tertiary/aromatic N) is 4. The third-order valence-electron chi connectivity index (χ3n) is 8.11. The van der Waals surface area contributed by atoms with Crippen molar-refractivity contribution in [3.05, 3.63) is 150 Å². The topological polar surface area (TPSA) is 35.2 Å². The molecule has 0 saturated carbocycles. The molecule has 0 fully saturated rings. The zero-order valence-corrected chi connectivity index (χ0v) is 24.6. The van der Waals surface area contributed by atoms with Crippen LogP contribution in [-0.4, -0.2) is 4.57 Å². The molecule has 6 aromatic rings. The van der Waals surface area contributed by atoms with Crippen LogP contribution in [0.5, 0.6) is 0 Å². The van der Waals surface area contributed by atoms with Gasteiger partial charge in [0.1, 0.15) is 23.3 Å². The maximum Gasteiger partial charge on any atom is 0.189 e. The molecular formula is C38H26F4N4. The Balaban J connectivity index is 1.45. The third kappa shape index (κ3) is 5.26. The molecule has 1 aromatic heterocycles. The Morgan fingerprint density at radius 1 is 0.630 bits per heavy atom. The average Bonchev–Trinajstić information content (AvgIpc) is 3.33. The largest absolute Gasteiger partial charge is 0.314 e. The van der Waals surface area contributed by atoms with Crippen molar-refractivity contribution < 1.29 is 17.6 Å². The molecule has 0 N–H and O–H groups in total. The van der Waals surface area contributed by atoms with Crippen molar-refractivity contribution >= 4 is 50.2 Å². The van der Waals surface area contributed by atoms with E-state index >= 15 is 0 Å². The molecule has 1 aliphatic rings. The minimum atomic E-state index is -0.444. The molecule has 0 radical (unpaired) electrons. The number of anilines is 5. The molecule has 4 nitrogen and oxygen atoms in total. The number of rotatable bonds is 6. The van der Waals surface area contributed by atoms with Gasteiger partial charge in [0, 0.05) is 44.9 Å². The number of aromatic nitrogens is 1. The third-order valence-corrected chi connectivity index (χ3v) is 8.11. The van der Waals surface area contributed by atoms with E-state index in [1.165, 1.54) is 47.0 Å². The molecule has 1 unspecified atom stereocenters. The predicted molar refractivity (Wildman–Crippen MR) is 175 cm³/mol. The maximum atomic E-state index is 14.7. The first-order valence-corrected chi connectivity index (χ1v) is 14.7. The van der Waals surface area contributed by atoms with Crippen LogP contribution in [0.4, 0.5) is 46.0 Å². The maximum absolute atomic E-state index is 14.7. The van der Waals surface area contributed by atoms with Crippen molar-refractivity contribution in [3.63, 3.8) is 0 Å². The van der Waals surface area contributed by atoms with Crippen molar-refractivity contribution in [2.24, 2.45) is 5.92 Å². The second kappa shape index (κ2) is 11.6. The van der Waals surface area contributed by atoms with Crippen LogP contribution in [0.2, 0.25) is 0 Å². The molecule has 226 valence electrons. The molecule has 0 bridgehead atoms. The molecular weight excluding hydrogens is 588 g/mol. The number of benzene rings is 5. The van der Waals surface area contributed by atoms with Crippen molar-refractivity contribution in [1.29, 1.82) is 5.26 Å². The first-order valence-electron chi connectivity index (χ1n) is 14.7. The lowest BCUT2D eigenvalue weighted by molar-refractivity contribution is 0.599. The van der Waals surface area contributed by atoms with Gasteiger partial charge in [-0.05, 0) is 115 Å². The Bertz CT molecular complexity index is 2200. The van der Waals surface area contributed by atoms with Crippen molar-refractivity contribution in [2.75, 3.05) is 9.80 Å². The summed E-state index contributed by atoms with van der Waals surface area (Å²) in [7, 11) is 0. The van der Waals surface area contributed by atoms with E-state index in [0.717, 1.165) is 5.39 Å². The highest BCUT2D eigenvalue weighted by atomic mass is 19.1. The van der Waals surface area contributed by atoms with E-state index in [1.807, 2.05) is 36.1 Å². The van der Waals surface area contributed by atoms with Crippen LogP contribution in [0.3, 0.4) is 0 Å². The monoisotopic (exact) mass is 614 g/mol. The van der Waals surface area contributed by atoms with Gasteiger partial charge >= 0.3 is 0 Å². The molecule has 5 aromatic carbocycles. The number of hydrogen-bond acceptors (Lipinski definition) is 3. The Morgan fingerprint density at radius 2 is 1.09 bits per heavy atom. The Kier molecular flexibility index (Phi) is 7.30. The quantitative estimate of drug-likeness (QED) is 0.175. The Morgan fingerprint density at radius 3 is 1.54 bits per heavy atom. The molecule has 0 spiro atoms. The van der Waals surface area contributed by atoms with Gasteiger partial charge in [-0.2, -0.15) is 5.26 Å². The van der Waals surface area contributed by atoms with E-state index in [9.17, 15) is 22.8 Å². The molecule has 46 heavy (non-hydrogen) atoms. The highest BCUT2D eigenvalue weighted by Crippen LogP contribution is 2.42. The van der Waals surface area contributed by atoms with Crippen LogP contribution in [0, 0.1) is 34.8 Å². The van der Waals surface area contributed by atoms with E-state index in [4.69, 9.17) is 0 Å². The van der Waals surface area contributed by atoms with Crippen LogP contribution in [0.15, 0.2) is 133 Å². The summed E-state index contributed by atoms with van der Waals surface area (Å²) in [6.07, 6.45) is 5.80. The molecule has 1 aliphatic carbocycles. The fourth-order valence-electron chi connectivity index (χ4n) is 6.24. The van der Waals surface area contributed by atoms with Gasteiger partial charge in [-0.3, -0.25) is 0 Å². The van der Waals surface area contributed by atoms with Gasteiger partial charge in [-0.1, -0.05) is 25.1 Å². The van der Waals surface area contributed by atoms with Crippen molar-refractivity contribution in [2.45, 2.75) is 13.3 Å². The van der Waals surface area contributed by atoms with Crippen molar-refractivity contribution in [3.8, 4) is 6.19 Å². The molecule has 1 atom stereocenters. The van der Waals surface area contributed by atoms with E-state index in [2.05, 4.69) is 6.19 Å². The molecule has 7 rings (SSSR count). The second-order valence-corrected chi connectivity index (χ2v) is 11.3. The van der Waals surface area contributed by atoms with Crippen LogP contribution in [0.1, 0.15) is 13.3 Å². The van der Waals surface area contributed by atoms with Crippen molar-refractivity contribution in [1.82, 2.24) is 4.57 Å². The lowest BCUT2D eigenvalue weighted by Gasteiger charge is -2.30. The smallest absolute Gasteiger partial charge is 0.189 e. The van der Waals surface area contributed by atoms with Crippen LogP contribution in [-0.2, 0) is 0 Å². The van der Waals surface area contributed by atoms with E-state index in [0.29, 0.717) is 57.0 Å². The first-order chi connectivity index (χ1) is 22.3. The summed E-state index contributed by atoms with van der Waals surface area (Å²) in [6.45, 7) is 1.92. The predicted octanol–water partition coefficient (Wildman–Crippen LogP) is 10.9. The molecule has 0 saturated heterocycles. The van der Waals surface area contributed by atoms with Gasteiger partial charge in [-0.25, -0.2) is 22.1 Å². The number of hydrogen-bond donors (Lipinski definition) is 0. The lowest BCUT2D eigenvalue weighted by Crippen LogP contribution is -2.20. The summed E-state index contributed by atoms with van der Waals surface area (Å²) in [6, 6.07) is 29.2. The normalized spacial score (nSPS) is 14.6. The van der Waals surface area contributed by atoms with Crippen LogP contribution in [0.25, 0.3) is 21.8 Å². The lowest BCUT2D eigenvalue weighted by atomic mass is 9.97. The van der Waals surface area contributed by atoms with Gasteiger partial charge < -0.3 is 9.80 Å². The Hall–Kier alpha value is -5.81. The summed E-state index contributed by atoms with van der Waals surface area (Å²) in [4.78, 5) is 3.57. The van der Waals surface area contributed by atoms with E-state index in [-0.39, 0.29) is 11.7 Å². The van der Waals surface area contributed by atoms with E-state index < -0.39 is 17.5 Å². The number of fused-ring (bicyclic) bond motifs is 3. The standard InChI is InChI=1S/C38H26F4N4/c1-24-15-28(42)20-34(16-24)46(31-10-4-7-27(41)19-31)33-12-14-38-36(22-33)35-21-32(11-13-37(35)44(38)23-43)45(29-8-2-5-25(39)17-29)30-9-3-6-26(40)18-30/h2-15,17-22,24H,16H2,1H3. The number of allylic oxidation sites excluding steroid dienone is 4. The van der Waals surface area contributed by atoms with Crippen LogP contribution < -0.4 is 9.80 Å². The molecule has 0 aliphatic heterocycles. The highest BCUT2D eigenvalue weighted by Gasteiger charge is 2.23. The van der Waals surface area contributed by atoms with Gasteiger partial charge in [0.2, 0.25) is 0 Å². The van der Waals surface area contributed by atoms with E-state index in [1.54, 1.807) is 59.5 Å². The highest BCUT2D eigenvalue weighted by molar-refractivity contribution is 6.11. The van der Waals surface area contributed by atoms with Gasteiger partial charge in [0.05, 0.1) is 11.0 Å². The zero-order valence-electron chi connectivity index (χ0n) is 24.6. The molecule has 0 amide bonds.